The number of rotatable bonds is 7. The molecule has 11 heteroatoms. The van der Waals surface area contributed by atoms with Crippen molar-refractivity contribution in [2.75, 3.05) is 13.1 Å². The molecule has 0 spiro atoms. The summed E-state index contributed by atoms with van der Waals surface area (Å²) in [4.78, 5) is 38.4. The van der Waals surface area contributed by atoms with E-state index in [4.69, 9.17) is 4.52 Å². The van der Waals surface area contributed by atoms with Gasteiger partial charge in [0.05, 0.1) is 17.5 Å². The van der Waals surface area contributed by atoms with Crippen molar-refractivity contribution in [3.8, 4) is 11.3 Å². The number of Topliss-reactive ketones (excluding diaryl/α,β-unsaturated/α-hetero) is 1. The summed E-state index contributed by atoms with van der Waals surface area (Å²) in [7, 11) is 0. The Morgan fingerprint density at radius 1 is 1.12 bits per heavy atom. The average molecular weight is 584 g/mol. The number of likely N-dealkylation sites (tertiary alicyclic amines) is 1. The second-order valence-corrected chi connectivity index (χ2v) is 11.8. The normalized spacial score (nSPS) is 20.8. The maximum absolute atomic E-state index is 14.5. The van der Waals surface area contributed by atoms with Crippen LogP contribution in [0.5, 0.6) is 0 Å². The molecule has 2 aromatic carbocycles. The number of nitrogens with zero attached hydrogens (tertiary/aromatic N) is 2. The van der Waals surface area contributed by atoms with E-state index in [-0.39, 0.29) is 41.5 Å². The van der Waals surface area contributed by atoms with Crippen molar-refractivity contribution in [1.82, 2.24) is 15.4 Å². The molecule has 3 N–H and O–H groups in total. The fourth-order valence-electron chi connectivity index (χ4n) is 6.05. The van der Waals surface area contributed by atoms with Gasteiger partial charge in [0, 0.05) is 25.6 Å². The van der Waals surface area contributed by atoms with E-state index >= 15 is 0 Å². The summed E-state index contributed by atoms with van der Waals surface area (Å²) in [6, 6.07) is 9.23. The van der Waals surface area contributed by atoms with Crippen LogP contribution in [0.4, 0.5) is 13.6 Å². The first-order valence-electron chi connectivity index (χ1n) is 13.7. The molecule has 1 aliphatic heterocycles. The van der Waals surface area contributed by atoms with Crippen LogP contribution in [0.25, 0.3) is 11.3 Å². The molecular formula is C31H35F2N3O6. The molecule has 3 atom stereocenters. The summed E-state index contributed by atoms with van der Waals surface area (Å²) in [5, 5.41) is 29.6. The zero-order valence-corrected chi connectivity index (χ0v) is 24.2. The maximum atomic E-state index is 14.5. The SMILES string of the molecule is CC(=O)NCCc1ccccc1-c1onc([C@H]2C(C(C)(C)C)N(C(=O)O)CC[C@]2(O)c2ccc(F)c(F)c2)c1C(C)=O. The van der Waals surface area contributed by atoms with E-state index in [1.807, 2.05) is 6.07 Å². The Hall–Kier alpha value is -4.12. The van der Waals surface area contributed by atoms with Crippen LogP contribution in [0.15, 0.2) is 47.0 Å². The third-order valence-electron chi connectivity index (χ3n) is 7.85. The first-order chi connectivity index (χ1) is 19.7. The Bertz CT molecular complexity index is 1510. The molecule has 9 nitrogen and oxygen atoms in total. The van der Waals surface area contributed by atoms with Gasteiger partial charge in [0.2, 0.25) is 5.91 Å². The van der Waals surface area contributed by atoms with Gasteiger partial charge in [-0.2, -0.15) is 0 Å². The second kappa shape index (κ2) is 11.6. The highest BCUT2D eigenvalue weighted by Gasteiger charge is 2.56. The van der Waals surface area contributed by atoms with Gasteiger partial charge in [0.15, 0.2) is 23.2 Å². The number of nitrogens with one attached hydrogen (secondary N) is 1. The van der Waals surface area contributed by atoms with E-state index in [1.54, 1.807) is 39.0 Å². The summed E-state index contributed by atoms with van der Waals surface area (Å²) in [6.45, 7) is 8.35. The quantitative estimate of drug-likeness (QED) is 0.323. The second-order valence-electron chi connectivity index (χ2n) is 11.8. The smallest absolute Gasteiger partial charge is 0.407 e. The predicted octanol–water partition coefficient (Wildman–Crippen LogP) is 5.27. The van der Waals surface area contributed by atoms with E-state index in [9.17, 15) is 33.4 Å². The Kier molecular flexibility index (Phi) is 8.54. The Morgan fingerprint density at radius 2 is 1.81 bits per heavy atom. The number of carbonyl (C=O) groups excluding carboxylic acids is 2. The van der Waals surface area contributed by atoms with E-state index in [0.717, 1.165) is 17.7 Å². The predicted molar refractivity (Wildman–Crippen MR) is 150 cm³/mol. The van der Waals surface area contributed by atoms with Crippen molar-refractivity contribution in [2.45, 2.75) is 65.0 Å². The van der Waals surface area contributed by atoms with Gasteiger partial charge < -0.3 is 25.0 Å². The minimum atomic E-state index is -1.94. The van der Waals surface area contributed by atoms with Gasteiger partial charge in [-0.1, -0.05) is 56.3 Å². The number of halogens is 2. The number of carbonyl (C=O) groups is 3. The number of carboxylic acid groups (broad SMARTS) is 1. The van der Waals surface area contributed by atoms with Crippen molar-refractivity contribution >= 4 is 17.8 Å². The van der Waals surface area contributed by atoms with Crippen molar-refractivity contribution in [3.05, 3.63) is 76.5 Å². The van der Waals surface area contributed by atoms with Crippen LogP contribution in [-0.4, -0.2) is 57.2 Å². The highest BCUT2D eigenvalue weighted by molar-refractivity contribution is 6.01. The van der Waals surface area contributed by atoms with Gasteiger partial charge in [-0.05, 0) is 48.4 Å². The monoisotopic (exact) mass is 583 g/mol. The largest absolute Gasteiger partial charge is 0.465 e. The maximum Gasteiger partial charge on any atom is 0.407 e. The van der Waals surface area contributed by atoms with E-state index in [0.29, 0.717) is 18.5 Å². The molecule has 1 fully saturated rings. The molecule has 2 amide bonds. The van der Waals surface area contributed by atoms with Crippen molar-refractivity contribution in [1.29, 1.82) is 0 Å². The van der Waals surface area contributed by atoms with E-state index in [2.05, 4.69) is 10.5 Å². The summed E-state index contributed by atoms with van der Waals surface area (Å²) in [5.74, 6) is -3.97. The number of aromatic nitrogens is 1. The van der Waals surface area contributed by atoms with Gasteiger partial charge in [-0.15, -0.1) is 0 Å². The van der Waals surface area contributed by atoms with Gasteiger partial charge in [0.1, 0.15) is 11.3 Å². The van der Waals surface area contributed by atoms with Crippen LogP contribution in [-0.2, 0) is 16.8 Å². The lowest BCUT2D eigenvalue weighted by Crippen LogP contribution is -2.61. The van der Waals surface area contributed by atoms with Crippen molar-refractivity contribution in [3.63, 3.8) is 0 Å². The topological polar surface area (TPSA) is 133 Å². The fourth-order valence-corrected chi connectivity index (χ4v) is 6.05. The molecule has 1 aromatic heterocycles. The van der Waals surface area contributed by atoms with Crippen LogP contribution in [0.1, 0.15) is 74.1 Å². The zero-order valence-electron chi connectivity index (χ0n) is 24.2. The number of aliphatic hydroxyl groups is 1. The summed E-state index contributed by atoms with van der Waals surface area (Å²) >= 11 is 0. The molecule has 0 radical (unpaired) electrons. The molecule has 224 valence electrons. The van der Waals surface area contributed by atoms with Crippen molar-refractivity contribution < 1.29 is 37.9 Å². The fraction of sp³-hybridized carbons (Fsp3) is 0.419. The van der Waals surface area contributed by atoms with E-state index in [1.165, 1.54) is 24.8 Å². The molecule has 4 rings (SSSR count). The summed E-state index contributed by atoms with van der Waals surface area (Å²) < 4.78 is 34.3. The van der Waals surface area contributed by atoms with Crippen LogP contribution in [0.3, 0.4) is 0 Å². The molecule has 0 aliphatic carbocycles. The van der Waals surface area contributed by atoms with Crippen molar-refractivity contribution in [2.24, 2.45) is 5.41 Å². The molecule has 42 heavy (non-hydrogen) atoms. The molecule has 1 saturated heterocycles. The van der Waals surface area contributed by atoms with Crippen LogP contribution < -0.4 is 5.32 Å². The lowest BCUT2D eigenvalue weighted by Gasteiger charge is -2.53. The first-order valence-corrected chi connectivity index (χ1v) is 13.7. The number of amides is 2. The Labute approximate surface area is 242 Å². The number of hydrogen-bond donors (Lipinski definition) is 3. The first kappa shape index (κ1) is 30.8. The number of ketones is 1. The molecular weight excluding hydrogens is 548 g/mol. The van der Waals surface area contributed by atoms with Gasteiger partial charge in [-0.25, -0.2) is 13.6 Å². The molecule has 1 aliphatic rings. The standard InChI is InChI=1S/C31H35F2N3O6/c1-17(37)24-26(35-42-27(24)21-9-7-6-8-19(21)12-14-34-18(2)38)25-28(30(3,4)5)36(29(39)40)15-13-31(25,41)20-10-11-22(32)23(33)16-20/h6-11,16,25,28,41H,12-15H2,1-5H3,(H,34,38)(H,39,40)/t25-,28?,31-/m0/s1. The third-order valence-corrected chi connectivity index (χ3v) is 7.85. The third kappa shape index (κ3) is 5.78. The Morgan fingerprint density at radius 3 is 2.40 bits per heavy atom. The number of benzene rings is 2. The number of piperidine rings is 1. The minimum Gasteiger partial charge on any atom is -0.465 e. The molecule has 2 heterocycles. The highest BCUT2D eigenvalue weighted by Crippen LogP contribution is 2.53. The minimum absolute atomic E-state index is 0.0206. The van der Waals surface area contributed by atoms with Crippen LogP contribution >= 0.6 is 0 Å². The average Bonchev–Trinajstić information content (AvgIpc) is 3.34. The molecule has 0 bridgehead atoms. The lowest BCUT2D eigenvalue weighted by atomic mass is 9.63. The Balaban J connectivity index is 1.97. The summed E-state index contributed by atoms with van der Waals surface area (Å²) in [5.41, 5.74) is -1.35. The van der Waals surface area contributed by atoms with Gasteiger partial charge in [0.25, 0.3) is 0 Å². The van der Waals surface area contributed by atoms with Crippen LogP contribution in [0.2, 0.25) is 0 Å². The highest BCUT2D eigenvalue weighted by atomic mass is 19.2. The van der Waals surface area contributed by atoms with Gasteiger partial charge in [-0.3, -0.25) is 9.59 Å². The lowest BCUT2D eigenvalue weighted by molar-refractivity contribution is -0.118. The molecule has 0 saturated carbocycles. The van der Waals surface area contributed by atoms with Crippen LogP contribution in [0, 0.1) is 17.0 Å². The van der Waals surface area contributed by atoms with E-state index < -0.39 is 46.5 Å². The molecule has 3 aromatic rings. The summed E-state index contributed by atoms with van der Waals surface area (Å²) in [6.07, 6.45) is -0.985. The molecule has 1 unspecified atom stereocenters. The number of hydrogen-bond acceptors (Lipinski definition) is 6. The van der Waals surface area contributed by atoms with Gasteiger partial charge >= 0.3 is 6.09 Å². The zero-order chi connectivity index (χ0) is 31.0.